The summed E-state index contributed by atoms with van der Waals surface area (Å²) in [7, 11) is 0. The van der Waals surface area contributed by atoms with Gasteiger partial charge >= 0.3 is 0 Å². The van der Waals surface area contributed by atoms with Crippen LogP contribution in [0.4, 0.5) is 0 Å². The van der Waals surface area contributed by atoms with E-state index >= 15 is 0 Å². The first kappa shape index (κ1) is 18.6. The molecule has 0 aliphatic heterocycles. The first-order chi connectivity index (χ1) is 14.7. The molecule has 30 heavy (non-hydrogen) atoms. The van der Waals surface area contributed by atoms with Crippen LogP contribution < -0.4 is 0 Å². The highest BCUT2D eigenvalue weighted by Gasteiger charge is 2.46. The molecule has 0 fully saturated rings. The molecule has 0 aromatic heterocycles. The first-order valence-corrected chi connectivity index (χ1v) is 10.7. The van der Waals surface area contributed by atoms with Crippen molar-refractivity contribution in [1.29, 1.82) is 0 Å². The fraction of sp³-hybridized carbons (Fsp3) is 0.133. The maximum absolute atomic E-state index is 2.43. The summed E-state index contributed by atoms with van der Waals surface area (Å²) in [6.45, 7) is 4.73. The molecule has 0 heteroatoms. The third-order valence-corrected chi connectivity index (χ3v) is 6.72. The maximum atomic E-state index is 2.43. The summed E-state index contributed by atoms with van der Waals surface area (Å²) in [4.78, 5) is 0. The van der Waals surface area contributed by atoms with Gasteiger partial charge in [0.1, 0.15) is 0 Å². The van der Waals surface area contributed by atoms with E-state index in [0.29, 0.717) is 0 Å². The highest BCUT2D eigenvalue weighted by Crippen LogP contribution is 2.57. The summed E-state index contributed by atoms with van der Waals surface area (Å²) in [6, 6.07) is 41.9. The van der Waals surface area contributed by atoms with Gasteiger partial charge in [-0.05, 0) is 45.9 Å². The molecular formula is C30H26. The van der Waals surface area contributed by atoms with Crippen LogP contribution in [0.15, 0.2) is 115 Å². The predicted molar refractivity (Wildman–Crippen MR) is 127 cm³/mol. The summed E-state index contributed by atoms with van der Waals surface area (Å²) in [5.41, 5.74) is 9.38. The topological polar surface area (TPSA) is 0 Å². The molecule has 0 heterocycles. The molecule has 0 nitrogen and oxygen atoms in total. The molecule has 0 saturated carbocycles. The van der Waals surface area contributed by atoms with Gasteiger partial charge in [0.05, 0.1) is 0 Å². The zero-order valence-electron chi connectivity index (χ0n) is 17.5. The van der Waals surface area contributed by atoms with Gasteiger partial charge in [-0.3, -0.25) is 0 Å². The second-order valence-electron chi connectivity index (χ2n) is 8.37. The zero-order valence-corrected chi connectivity index (χ0v) is 17.5. The van der Waals surface area contributed by atoms with Crippen molar-refractivity contribution in [2.24, 2.45) is 0 Å². The van der Waals surface area contributed by atoms with Crippen LogP contribution in [0.3, 0.4) is 0 Å². The Balaban J connectivity index is 1.91. The lowest BCUT2D eigenvalue weighted by Crippen LogP contribution is -2.36. The van der Waals surface area contributed by atoms with Gasteiger partial charge in [-0.1, -0.05) is 122 Å². The van der Waals surface area contributed by atoms with Crippen LogP contribution in [0.25, 0.3) is 11.1 Å². The number of benzene rings is 4. The first-order valence-electron chi connectivity index (χ1n) is 10.7. The third-order valence-electron chi connectivity index (χ3n) is 6.72. The lowest BCUT2D eigenvalue weighted by atomic mass is 9.56. The molecule has 2 atom stereocenters. The van der Waals surface area contributed by atoms with Crippen LogP contribution in [0.2, 0.25) is 0 Å². The van der Waals surface area contributed by atoms with Crippen LogP contribution in [-0.4, -0.2) is 0 Å². The number of fused-ring (bicyclic) bond motifs is 1. The van der Waals surface area contributed by atoms with Crippen LogP contribution in [0.5, 0.6) is 0 Å². The van der Waals surface area contributed by atoms with E-state index in [0.717, 1.165) is 0 Å². The Morgan fingerprint density at radius 3 is 1.80 bits per heavy atom. The van der Waals surface area contributed by atoms with Gasteiger partial charge in [0.15, 0.2) is 0 Å². The molecule has 1 aliphatic carbocycles. The van der Waals surface area contributed by atoms with Gasteiger partial charge < -0.3 is 0 Å². The monoisotopic (exact) mass is 386 g/mol. The molecule has 2 unspecified atom stereocenters. The lowest BCUT2D eigenvalue weighted by Gasteiger charge is -2.46. The van der Waals surface area contributed by atoms with Crippen LogP contribution in [0.1, 0.15) is 47.6 Å². The second kappa shape index (κ2) is 7.46. The Kier molecular flexibility index (Phi) is 4.64. The van der Waals surface area contributed by atoms with Crippen molar-refractivity contribution in [3.63, 3.8) is 0 Å². The molecule has 0 bridgehead atoms. The average Bonchev–Trinajstić information content (AvgIpc) is 2.81. The fourth-order valence-electron chi connectivity index (χ4n) is 5.44. The van der Waals surface area contributed by atoms with Gasteiger partial charge in [-0.25, -0.2) is 0 Å². The highest BCUT2D eigenvalue weighted by molar-refractivity contribution is 5.99. The zero-order chi connectivity index (χ0) is 20.6. The van der Waals surface area contributed by atoms with E-state index < -0.39 is 0 Å². The number of allylic oxidation sites excluding steroid dienone is 2. The smallest absolute Gasteiger partial charge is 0.0292 e. The SMILES string of the molecule is CC1=C(c2ccccc2)C(C)(c2ccccc2)C(c2ccccc2)c2ccccc21. The Morgan fingerprint density at radius 1 is 0.600 bits per heavy atom. The molecule has 0 N–H and O–H groups in total. The highest BCUT2D eigenvalue weighted by atomic mass is 14.5. The number of rotatable bonds is 3. The molecule has 0 spiro atoms. The molecule has 5 rings (SSSR count). The average molecular weight is 387 g/mol. The van der Waals surface area contributed by atoms with Crippen LogP contribution >= 0.6 is 0 Å². The molecule has 1 aliphatic rings. The summed E-state index contributed by atoms with van der Waals surface area (Å²) < 4.78 is 0. The van der Waals surface area contributed by atoms with Gasteiger partial charge in [0.2, 0.25) is 0 Å². The molecule has 0 radical (unpaired) electrons. The summed E-state index contributed by atoms with van der Waals surface area (Å²) >= 11 is 0. The van der Waals surface area contributed by atoms with Gasteiger partial charge in [-0.2, -0.15) is 0 Å². The van der Waals surface area contributed by atoms with E-state index in [9.17, 15) is 0 Å². The Hall–Kier alpha value is -3.38. The number of hydrogen-bond donors (Lipinski definition) is 0. The van der Waals surface area contributed by atoms with E-state index in [4.69, 9.17) is 0 Å². The van der Waals surface area contributed by atoms with Crippen LogP contribution in [0, 0.1) is 0 Å². The molecule has 4 aromatic carbocycles. The largest absolute Gasteiger partial charge is 0.0622 e. The van der Waals surface area contributed by atoms with E-state index in [1.165, 1.54) is 39.0 Å². The van der Waals surface area contributed by atoms with Crippen molar-refractivity contribution in [3.8, 4) is 0 Å². The van der Waals surface area contributed by atoms with Crippen LogP contribution in [-0.2, 0) is 5.41 Å². The fourth-order valence-corrected chi connectivity index (χ4v) is 5.44. The molecule has 146 valence electrons. The van der Waals surface area contributed by atoms with E-state index in [2.05, 4.69) is 129 Å². The Labute approximate surface area is 179 Å². The van der Waals surface area contributed by atoms with E-state index in [1.807, 2.05) is 0 Å². The Bertz CT molecular complexity index is 1190. The van der Waals surface area contributed by atoms with Crippen molar-refractivity contribution in [2.75, 3.05) is 0 Å². The lowest BCUT2D eigenvalue weighted by molar-refractivity contribution is 0.528. The molecular weight excluding hydrogens is 360 g/mol. The number of hydrogen-bond acceptors (Lipinski definition) is 0. The predicted octanol–water partition coefficient (Wildman–Crippen LogP) is 7.72. The molecule has 0 amide bonds. The Morgan fingerprint density at radius 2 is 1.13 bits per heavy atom. The van der Waals surface area contributed by atoms with Crippen molar-refractivity contribution < 1.29 is 0 Å². The summed E-state index contributed by atoms with van der Waals surface area (Å²) in [5.74, 6) is 0.233. The van der Waals surface area contributed by atoms with Crippen molar-refractivity contribution in [1.82, 2.24) is 0 Å². The van der Waals surface area contributed by atoms with E-state index in [1.54, 1.807) is 0 Å². The molecule has 4 aromatic rings. The minimum absolute atomic E-state index is 0.192. The minimum Gasteiger partial charge on any atom is -0.0622 e. The third kappa shape index (κ3) is 2.83. The summed E-state index contributed by atoms with van der Waals surface area (Å²) in [6.07, 6.45) is 0. The normalized spacial score (nSPS) is 20.7. The van der Waals surface area contributed by atoms with Gasteiger partial charge in [-0.15, -0.1) is 0 Å². The van der Waals surface area contributed by atoms with Gasteiger partial charge in [0, 0.05) is 11.3 Å². The van der Waals surface area contributed by atoms with Crippen molar-refractivity contribution >= 4 is 11.1 Å². The second-order valence-corrected chi connectivity index (χ2v) is 8.37. The maximum Gasteiger partial charge on any atom is 0.0292 e. The summed E-state index contributed by atoms with van der Waals surface area (Å²) in [5, 5.41) is 0. The van der Waals surface area contributed by atoms with Crippen molar-refractivity contribution in [3.05, 3.63) is 143 Å². The van der Waals surface area contributed by atoms with E-state index in [-0.39, 0.29) is 11.3 Å². The van der Waals surface area contributed by atoms with Crippen molar-refractivity contribution in [2.45, 2.75) is 25.2 Å². The minimum atomic E-state index is -0.192. The molecule has 0 saturated heterocycles. The quantitative estimate of drug-likeness (QED) is 0.338. The van der Waals surface area contributed by atoms with Gasteiger partial charge in [0.25, 0.3) is 0 Å². The standard InChI is InChI=1S/C30H26/c1-22-26-20-12-13-21-27(26)29(24-16-8-4-9-17-24)30(2,25-18-10-5-11-19-25)28(22)23-14-6-3-7-15-23/h3-21,29H,1-2H3.